The first kappa shape index (κ1) is 31.0. The molecule has 1 aliphatic rings. The number of aromatic nitrogens is 2. The van der Waals surface area contributed by atoms with E-state index in [1.165, 1.54) is 0 Å². The number of nitrogens with one attached hydrogen (secondary N) is 4. The number of para-hydroxylation sites is 1. The normalized spacial score (nSPS) is 16.6. The number of aldehydes is 1. The maximum absolute atomic E-state index is 13.1. The van der Waals surface area contributed by atoms with Crippen molar-refractivity contribution in [1.29, 1.82) is 0 Å². The number of aromatic amines is 1. The highest BCUT2D eigenvalue weighted by Gasteiger charge is 2.37. The van der Waals surface area contributed by atoms with E-state index in [-0.39, 0.29) is 38.2 Å². The second-order valence-electron chi connectivity index (χ2n) is 10.5. The summed E-state index contributed by atoms with van der Waals surface area (Å²) in [6.45, 7) is 0.131. The van der Waals surface area contributed by atoms with Gasteiger partial charge < -0.3 is 40.4 Å². The van der Waals surface area contributed by atoms with Gasteiger partial charge in [-0.2, -0.15) is 0 Å². The number of H-pyrrole nitrogens is 1. The molecule has 0 saturated carbocycles. The van der Waals surface area contributed by atoms with Crippen molar-refractivity contribution in [2.75, 3.05) is 36.9 Å². The van der Waals surface area contributed by atoms with Gasteiger partial charge in [0.05, 0.1) is 24.3 Å². The van der Waals surface area contributed by atoms with Gasteiger partial charge in [-0.25, -0.2) is 14.6 Å². The molecule has 0 bridgehead atoms. The van der Waals surface area contributed by atoms with E-state index in [0.29, 0.717) is 41.5 Å². The van der Waals surface area contributed by atoms with Gasteiger partial charge in [-0.05, 0) is 30.2 Å². The Balaban J connectivity index is 1.15. The van der Waals surface area contributed by atoms with Crippen LogP contribution >= 0.6 is 0 Å². The first-order valence-corrected chi connectivity index (χ1v) is 14.5. The van der Waals surface area contributed by atoms with Gasteiger partial charge in [-0.1, -0.05) is 54.6 Å². The zero-order chi connectivity index (χ0) is 31.6. The summed E-state index contributed by atoms with van der Waals surface area (Å²) in [5.41, 5.74) is 1.83. The van der Waals surface area contributed by atoms with Crippen LogP contribution in [0, 0.1) is 0 Å². The minimum Gasteiger partial charge on any atom is -0.480 e. The number of hydrogen-bond acceptors (Lipinski definition) is 9. The lowest BCUT2D eigenvalue weighted by Gasteiger charge is -2.24. The number of fused-ring (bicyclic) bond motifs is 1. The summed E-state index contributed by atoms with van der Waals surface area (Å²) in [5, 5.41) is 19.0. The smallest absolute Gasteiger partial charge is 0.410 e. The Morgan fingerprint density at radius 2 is 1.84 bits per heavy atom. The van der Waals surface area contributed by atoms with Crippen LogP contribution in [0.2, 0.25) is 0 Å². The number of rotatable bonds is 14. The number of pyridine rings is 1. The summed E-state index contributed by atoms with van der Waals surface area (Å²) < 4.78 is 11.4. The maximum atomic E-state index is 13.1. The third-order valence-electron chi connectivity index (χ3n) is 7.43. The second-order valence-corrected chi connectivity index (χ2v) is 10.5. The average molecular weight is 615 g/mol. The predicted octanol–water partition coefficient (Wildman–Crippen LogP) is 3.27. The molecule has 1 aliphatic heterocycles. The average Bonchev–Trinajstić information content (AvgIpc) is 3.65. The predicted molar refractivity (Wildman–Crippen MR) is 166 cm³/mol. The second kappa shape index (κ2) is 14.8. The lowest BCUT2D eigenvalue weighted by Crippen LogP contribution is -2.43. The first-order chi connectivity index (χ1) is 21.9. The van der Waals surface area contributed by atoms with Gasteiger partial charge in [0.2, 0.25) is 5.91 Å². The molecule has 13 nitrogen and oxygen atoms in total. The number of carboxylic acid groups (broad SMARTS) is 1. The van der Waals surface area contributed by atoms with E-state index in [4.69, 9.17) is 9.47 Å². The van der Waals surface area contributed by atoms with Crippen LogP contribution in [0.1, 0.15) is 22.3 Å². The molecule has 3 atom stereocenters. The van der Waals surface area contributed by atoms with Crippen LogP contribution in [0.15, 0.2) is 79.0 Å². The SMILES string of the molecule is O=Cc1c(N[C@@H](CNC(=O)COC2CC(CNc3ccccn3)N(C(=O)OCc3ccccc3)C2)C(=O)O)[nH]c2ccccc12. The molecule has 45 heavy (non-hydrogen) atoms. The minimum atomic E-state index is -1.22. The third-order valence-corrected chi connectivity index (χ3v) is 7.43. The Hall–Kier alpha value is -5.43. The standard InChI is InChI=1S/C32H34N6O7/c39-18-25-24-10-4-5-11-26(24)36-30(25)37-27(31(41)42)16-35-29(40)20-44-23-14-22(15-34-28-12-6-7-13-33-28)38(17-23)32(43)45-19-21-8-2-1-3-9-21/h1-13,18,22-23,27,36-37H,14-17,19-20H2,(H,33,34)(H,35,40)(H,41,42)/t22?,23?,27-/m0/s1. The lowest BCUT2D eigenvalue weighted by molar-refractivity contribution is -0.138. The van der Waals surface area contributed by atoms with Gasteiger partial charge in [0.1, 0.15) is 30.9 Å². The summed E-state index contributed by atoms with van der Waals surface area (Å²) in [4.78, 5) is 58.2. The van der Waals surface area contributed by atoms with Crippen LogP contribution < -0.4 is 16.0 Å². The van der Waals surface area contributed by atoms with Crippen LogP contribution in [0.25, 0.3) is 10.9 Å². The van der Waals surface area contributed by atoms with E-state index in [1.54, 1.807) is 35.4 Å². The van der Waals surface area contributed by atoms with Crippen molar-refractivity contribution in [3.8, 4) is 0 Å². The Bertz CT molecular complexity index is 1610. The zero-order valence-corrected chi connectivity index (χ0v) is 24.3. The summed E-state index contributed by atoms with van der Waals surface area (Å²) in [6.07, 6.45) is 1.81. The quantitative estimate of drug-likeness (QED) is 0.133. The fraction of sp³-hybridized carbons (Fsp3) is 0.281. The molecule has 1 fully saturated rings. The fourth-order valence-corrected chi connectivity index (χ4v) is 5.14. The number of nitrogens with zero attached hydrogens (tertiary/aromatic N) is 2. The first-order valence-electron chi connectivity index (χ1n) is 14.5. The number of likely N-dealkylation sites (tertiary alicyclic amines) is 1. The maximum Gasteiger partial charge on any atom is 0.410 e. The summed E-state index contributed by atoms with van der Waals surface area (Å²) in [7, 11) is 0. The molecular weight excluding hydrogens is 580 g/mol. The van der Waals surface area contributed by atoms with Gasteiger partial charge >= 0.3 is 12.1 Å². The molecule has 5 N–H and O–H groups in total. The van der Waals surface area contributed by atoms with E-state index in [9.17, 15) is 24.3 Å². The van der Waals surface area contributed by atoms with Crippen LogP contribution in [0.4, 0.5) is 16.4 Å². The fourth-order valence-electron chi connectivity index (χ4n) is 5.14. The van der Waals surface area contributed by atoms with Crippen LogP contribution in [-0.4, -0.2) is 88.7 Å². The Morgan fingerprint density at radius 3 is 2.60 bits per heavy atom. The van der Waals surface area contributed by atoms with Crippen LogP contribution in [0.3, 0.4) is 0 Å². The molecular formula is C32H34N6O7. The number of hydrogen-bond donors (Lipinski definition) is 5. The molecule has 2 aromatic heterocycles. The van der Waals surface area contributed by atoms with Gasteiger partial charge in [0, 0.05) is 30.2 Å². The van der Waals surface area contributed by atoms with Crippen LogP contribution in [-0.2, 0) is 25.7 Å². The molecule has 2 amide bonds. The largest absolute Gasteiger partial charge is 0.480 e. The molecule has 5 rings (SSSR count). The number of benzene rings is 2. The number of ether oxygens (including phenoxy) is 2. The van der Waals surface area contributed by atoms with Crippen molar-refractivity contribution in [3.05, 3.63) is 90.1 Å². The molecule has 0 aliphatic carbocycles. The van der Waals surface area contributed by atoms with Crippen molar-refractivity contribution in [2.24, 2.45) is 0 Å². The molecule has 0 spiro atoms. The van der Waals surface area contributed by atoms with Gasteiger partial charge in [0.25, 0.3) is 0 Å². The van der Waals surface area contributed by atoms with Crippen molar-refractivity contribution in [1.82, 2.24) is 20.2 Å². The molecule has 4 aromatic rings. The lowest BCUT2D eigenvalue weighted by atomic mass is 10.2. The van der Waals surface area contributed by atoms with Crippen molar-refractivity contribution in [2.45, 2.75) is 31.2 Å². The summed E-state index contributed by atoms with van der Waals surface area (Å²) >= 11 is 0. The highest BCUT2D eigenvalue weighted by Crippen LogP contribution is 2.25. The summed E-state index contributed by atoms with van der Waals surface area (Å²) in [6, 6.07) is 20.4. The van der Waals surface area contributed by atoms with E-state index in [1.807, 2.05) is 48.5 Å². The van der Waals surface area contributed by atoms with E-state index < -0.39 is 30.1 Å². The Kier molecular flexibility index (Phi) is 10.2. The highest BCUT2D eigenvalue weighted by atomic mass is 16.6. The van der Waals surface area contributed by atoms with Crippen molar-refractivity contribution >= 4 is 46.8 Å². The molecule has 2 unspecified atom stereocenters. The zero-order valence-electron chi connectivity index (χ0n) is 24.3. The number of carboxylic acids is 1. The monoisotopic (exact) mass is 614 g/mol. The van der Waals surface area contributed by atoms with E-state index >= 15 is 0 Å². The van der Waals surface area contributed by atoms with E-state index in [0.717, 1.165) is 5.56 Å². The number of anilines is 2. The van der Waals surface area contributed by atoms with Crippen molar-refractivity contribution < 1.29 is 33.8 Å². The Morgan fingerprint density at radius 1 is 1.07 bits per heavy atom. The summed E-state index contributed by atoms with van der Waals surface area (Å²) in [5.74, 6) is -0.827. The highest BCUT2D eigenvalue weighted by molar-refractivity contribution is 6.03. The minimum absolute atomic E-state index is 0.121. The molecule has 0 radical (unpaired) electrons. The topological polar surface area (TPSA) is 175 Å². The third kappa shape index (κ3) is 8.15. The number of amides is 2. The number of aliphatic carboxylic acids is 1. The van der Waals surface area contributed by atoms with Gasteiger partial charge in [0.15, 0.2) is 6.29 Å². The van der Waals surface area contributed by atoms with Crippen LogP contribution in [0.5, 0.6) is 0 Å². The Labute approximate surface area is 258 Å². The van der Waals surface area contributed by atoms with Gasteiger partial charge in [-0.3, -0.25) is 9.59 Å². The van der Waals surface area contributed by atoms with Crippen molar-refractivity contribution in [3.63, 3.8) is 0 Å². The number of carbonyl (C=O) groups excluding carboxylic acids is 3. The van der Waals surface area contributed by atoms with E-state index in [2.05, 4.69) is 25.9 Å². The molecule has 3 heterocycles. The molecule has 13 heteroatoms. The molecule has 2 aromatic carbocycles. The molecule has 234 valence electrons. The van der Waals surface area contributed by atoms with Gasteiger partial charge in [-0.15, -0.1) is 0 Å². The number of carbonyl (C=O) groups is 4. The molecule has 1 saturated heterocycles.